The van der Waals surface area contributed by atoms with Gasteiger partial charge in [-0.2, -0.15) is 17.6 Å². The molecule has 0 aliphatic carbocycles. The van der Waals surface area contributed by atoms with Crippen LogP contribution < -0.4 is 18.9 Å². The number of aromatic nitrogens is 3. The summed E-state index contributed by atoms with van der Waals surface area (Å²) in [5.74, 6) is -0.454. The van der Waals surface area contributed by atoms with Gasteiger partial charge < -0.3 is 23.9 Å². The van der Waals surface area contributed by atoms with E-state index in [9.17, 15) is 21.8 Å². The van der Waals surface area contributed by atoms with Crippen LogP contribution in [0.5, 0.6) is 23.0 Å². The quantitative estimate of drug-likeness (QED) is 0.256. The number of aromatic amines is 1. The molecule has 37 heavy (non-hydrogen) atoms. The number of methoxy groups -OCH3 is 1. The van der Waals surface area contributed by atoms with Crippen molar-refractivity contribution in [3.63, 3.8) is 0 Å². The number of benzene rings is 2. The van der Waals surface area contributed by atoms with Crippen LogP contribution in [0.25, 0.3) is 11.0 Å². The van der Waals surface area contributed by atoms with Crippen molar-refractivity contribution in [2.75, 3.05) is 7.11 Å². The molecule has 2 aromatic heterocycles. The van der Waals surface area contributed by atoms with Gasteiger partial charge in [-0.3, -0.25) is 9.19 Å². The Morgan fingerprint density at radius 2 is 1.68 bits per heavy atom. The topological polar surface area (TPSA) is 95.6 Å². The molecule has 2 heterocycles. The summed E-state index contributed by atoms with van der Waals surface area (Å²) in [7, 11) is -0.284. The summed E-state index contributed by atoms with van der Waals surface area (Å²) in [5.41, 5.74) is 2.24. The van der Waals surface area contributed by atoms with E-state index in [1.54, 1.807) is 6.92 Å². The maximum absolute atomic E-state index is 13.1. The first kappa shape index (κ1) is 26.2. The molecule has 196 valence electrons. The molecule has 1 atom stereocenters. The lowest BCUT2D eigenvalue weighted by Gasteiger charge is -2.15. The lowest BCUT2D eigenvalue weighted by atomic mass is 10.2. The van der Waals surface area contributed by atoms with E-state index in [1.165, 1.54) is 13.3 Å². The number of nitrogens with zero attached hydrogens (tertiary/aromatic N) is 2. The lowest BCUT2D eigenvalue weighted by Crippen LogP contribution is -2.07. The van der Waals surface area contributed by atoms with E-state index in [1.807, 2.05) is 30.3 Å². The summed E-state index contributed by atoms with van der Waals surface area (Å²) in [5, 5.41) is -0.0169. The smallest absolute Gasteiger partial charge is 0.387 e. The monoisotopic (exact) mass is 539 g/mol. The maximum Gasteiger partial charge on any atom is 0.387 e. The fraction of sp³-hybridized carbons (Fsp3) is 0.250. The van der Waals surface area contributed by atoms with Crippen LogP contribution in [0, 0.1) is 6.92 Å². The molecule has 0 aliphatic rings. The zero-order valence-electron chi connectivity index (χ0n) is 19.5. The number of alkyl halides is 4. The van der Waals surface area contributed by atoms with Gasteiger partial charge in [0.05, 0.1) is 46.6 Å². The highest BCUT2D eigenvalue weighted by molar-refractivity contribution is 7.84. The van der Waals surface area contributed by atoms with E-state index >= 15 is 0 Å². The van der Waals surface area contributed by atoms with Crippen LogP contribution in [0.2, 0.25) is 0 Å². The number of imidazole rings is 1. The van der Waals surface area contributed by atoms with E-state index in [4.69, 9.17) is 9.47 Å². The van der Waals surface area contributed by atoms with Crippen LogP contribution in [0.3, 0.4) is 0 Å². The predicted octanol–water partition coefficient (Wildman–Crippen LogP) is 5.36. The van der Waals surface area contributed by atoms with Gasteiger partial charge in [0.2, 0.25) is 0 Å². The summed E-state index contributed by atoms with van der Waals surface area (Å²) in [6.45, 7) is -4.49. The second kappa shape index (κ2) is 11.5. The summed E-state index contributed by atoms with van der Waals surface area (Å²) >= 11 is 0. The van der Waals surface area contributed by atoms with Crippen molar-refractivity contribution in [3.05, 3.63) is 65.5 Å². The van der Waals surface area contributed by atoms with Crippen LogP contribution in [0.4, 0.5) is 17.6 Å². The highest BCUT2D eigenvalue weighted by atomic mass is 32.2. The number of halogens is 4. The van der Waals surface area contributed by atoms with Gasteiger partial charge in [0.25, 0.3) is 0 Å². The van der Waals surface area contributed by atoms with Gasteiger partial charge in [-0.05, 0) is 12.5 Å². The molecule has 0 radical (unpaired) electrons. The van der Waals surface area contributed by atoms with Gasteiger partial charge in [0.1, 0.15) is 6.61 Å². The Balaban J connectivity index is 1.56. The fourth-order valence-corrected chi connectivity index (χ4v) is 4.62. The number of ether oxygens (including phenoxy) is 4. The minimum absolute atomic E-state index is 0.0169. The summed E-state index contributed by atoms with van der Waals surface area (Å²) in [6.07, 6.45) is 1.47. The Morgan fingerprint density at radius 3 is 2.32 bits per heavy atom. The second-order valence-electron chi connectivity index (χ2n) is 7.61. The molecular formula is C24H21F4N3O5S. The molecular weight excluding hydrogens is 518 g/mol. The molecule has 0 fully saturated rings. The van der Waals surface area contributed by atoms with Crippen molar-refractivity contribution in [2.24, 2.45) is 0 Å². The molecule has 4 rings (SSSR count). The molecule has 0 spiro atoms. The van der Waals surface area contributed by atoms with Crippen molar-refractivity contribution in [1.29, 1.82) is 0 Å². The van der Waals surface area contributed by atoms with Crippen molar-refractivity contribution >= 4 is 21.8 Å². The molecule has 0 bridgehead atoms. The Kier molecular flexibility index (Phi) is 8.11. The Morgan fingerprint density at radius 1 is 1.00 bits per heavy atom. The summed E-state index contributed by atoms with van der Waals surface area (Å²) in [4.78, 5) is 11.3. The van der Waals surface area contributed by atoms with Crippen LogP contribution >= 0.6 is 0 Å². The maximum atomic E-state index is 13.1. The second-order valence-corrected chi connectivity index (χ2v) is 8.97. The third-order valence-corrected chi connectivity index (χ3v) is 6.38. The van der Waals surface area contributed by atoms with Gasteiger partial charge in [0.15, 0.2) is 28.2 Å². The van der Waals surface area contributed by atoms with Gasteiger partial charge in [-0.25, -0.2) is 4.98 Å². The Hall–Kier alpha value is -3.87. The van der Waals surface area contributed by atoms with E-state index < -0.39 is 35.5 Å². The number of hydrogen-bond acceptors (Lipinski definition) is 7. The molecule has 0 saturated carbocycles. The number of hydrogen-bond donors (Lipinski definition) is 1. The molecule has 8 nitrogen and oxygen atoms in total. The predicted molar refractivity (Wildman–Crippen MR) is 126 cm³/mol. The molecule has 13 heteroatoms. The number of nitrogens with one attached hydrogen (secondary N) is 1. The molecule has 1 unspecified atom stereocenters. The van der Waals surface area contributed by atoms with E-state index in [2.05, 4.69) is 24.4 Å². The van der Waals surface area contributed by atoms with E-state index in [0.29, 0.717) is 29.4 Å². The molecule has 0 aliphatic heterocycles. The number of rotatable bonds is 11. The number of fused-ring (bicyclic) bond motifs is 1. The fourth-order valence-electron chi connectivity index (χ4n) is 3.52. The number of H-pyrrole nitrogens is 1. The molecule has 1 N–H and O–H groups in total. The van der Waals surface area contributed by atoms with Crippen molar-refractivity contribution in [2.45, 2.75) is 37.7 Å². The van der Waals surface area contributed by atoms with Crippen molar-refractivity contribution < 1.29 is 40.7 Å². The van der Waals surface area contributed by atoms with Gasteiger partial charge in [-0.15, -0.1) is 0 Å². The average molecular weight is 540 g/mol. The van der Waals surface area contributed by atoms with E-state index in [0.717, 1.165) is 17.7 Å². The Bertz CT molecular complexity index is 1360. The summed E-state index contributed by atoms with van der Waals surface area (Å²) in [6, 6.07) is 11.6. The first-order valence-corrected chi connectivity index (χ1v) is 12.1. The van der Waals surface area contributed by atoms with Crippen LogP contribution in [0.1, 0.15) is 16.8 Å². The SMILES string of the molecule is COc1c(OCc2ccccc2)cnc(CS(=O)c2nc3cc(OC(F)F)c(OC(F)F)cc3[nH]2)c1C. The van der Waals surface area contributed by atoms with Crippen LogP contribution in [-0.4, -0.2) is 39.5 Å². The van der Waals surface area contributed by atoms with Crippen molar-refractivity contribution in [1.82, 2.24) is 15.0 Å². The largest absolute Gasteiger partial charge is 0.492 e. The standard InChI is InChI=1S/C24H21F4N3O5S/c1-13-17(29-10-20(21(13)33-2)34-11-14-6-4-3-5-7-14)12-37(32)24-30-15-8-18(35-22(25)26)19(36-23(27)28)9-16(15)31-24/h3-10,22-23H,11-12H2,1-2H3,(H,30,31). The van der Waals surface area contributed by atoms with Gasteiger partial charge >= 0.3 is 13.2 Å². The van der Waals surface area contributed by atoms with Crippen LogP contribution in [0.15, 0.2) is 53.8 Å². The average Bonchev–Trinajstić information content (AvgIpc) is 3.27. The highest BCUT2D eigenvalue weighted by Gasteiger charge is 2.21. The van der Waals surface area contributed by atoms with E-state index in [-0.39, 0.29) is 21.9 Å². The highest BCUT2D eigenvalue weighted by Crippen LogP contribution is 2.35. The third kappa shape index (κ3) is 6.28. The van der Waals surface area contributed by atoms with Crippen molar-refractivity contribution in [3.8, 4) is 23.0 Å². The lowest BCUT2D eigenvalue weighted by molar-refractivity contribution is -0.0690. The minimum Gasteiger partial charge on any atom is -0.492 e. The normalized spacial score (nSPS) is 12.2. The van der Waals surface area contributed by atoms with Gasteiger partial charge in [0, 0.05) is 17.7 Å². The van der Waals surface area contributed by atoms with Crippen LogP contribution in [-0.2, 0) is 23.2 Å². The zero-order valence-corrected chi connectivity index (χ0v) is 20.4. The zero-order chi connectivity index (χ0) is 26.5. The minimum atomic E-state index is -3.27. The summed E-state index contributed by atoms with van der Waals surface area (Å²) < 4.78 is 83.8. The molecule has 2 aromatic carbocycles. The van der Waals surface area contributed by atoms with Gasteiger partial charge in [-0.1, -0.05) is 30.3 Å². The first-order chi connectivity index (χ1) is 17.7. The molecule has 4 aromatic rings. The molecule has 0 saturated heterocycles. The first-order valence-electron chi connectivity index (χ1n) is 10.8. The third-order valence-electron chi connectivity index (χ3n) is 5.22. The number of pyridine rings is 1. The Labute approximate surface area is 211 Å². The molecule has 0 amide bonds.